The molecule has 0 saturated heterocycles. The van der Waals surface area contributed by atoms with Crippen LogP contribution in [0.1, 0.15) is 70.6 Å². The predicted molar refractivity (Wildman–Crippen MR) is 59.3 cm³/mol. The van der Waals surface area contributed by atoms with Gasteiger partial charge in [0.1, 0.15) is 0 Å². The average Bonchev–Trinajstić information content (AvgIpc) is 2.18. The number of carbonyl (C=O) groups excluding carboxylic acids is 1. The van der Waals surface area contributed by atoms with E-state index in [-0.39, 0.29) is 24.8 Å². The third-order valence-corrected chi connectivity index (χ3v) is 3.44. The zero-order valence-corrected chi connectivity index (χ0v) is 10.7. The van der Waals surface area contributed by atoms with Crippen LogP contribution in [-0.4, -0.2) is 5.97 Å². The number of carboxylic acid groups (broad SMARTS) is 1. The largest absolute Gasteiger partial charge is 1.00 e. The minimum absolute atomic E-state index is 0. The molecule has 2 nitrogen and oxygen atoms in total. The summed E-state index contributed by atoms with van der Waals surface area (Å²) in [7, 11) is 0. The predicted octanol–water partition coefficient (Wildman–Crippen LogP) is -0.339. The Hall–Kier alpha value is 0.0674. The van der Waals surface area contributed by atoms with E-state index in [0.29, 0.717) is 0 Å². The van der Waals surface area contributed by atoms with Crippen LogP contribution in [-0.2, 0) is 4.79 Å². The summed E-state index contributed by atoms with van der Waals surface area (Å²) in [5.74, 6) is -1.00. The molecule has 0 aromatic heterocycles. The zero-order chi connectivity index (χ0) is 10.9. The molecule has 0 aromatic rings. The van der Waals surface area contributed by atoms with Crippen molar-refractivity contribution in [3.63, 3.8) is 0 Å². The van der Waals surface area contributed by atoms with Gasteiger partial charge in [-0.25, -0.2) is 0 Å². The second-order valence-electron chi connectivity index (χ2n) is 4.78. The fourth-order valence-corrected chi connectivity index (χ4v) is 2.40. The molecule has 1 rings (SSSR count). The molecule has 0 aromatic carbocycles. The summed E-state index contributed by atoms with van der Waals surface area (Å²) in [4.78, 5) is 10.9. The summed E-state index contributed by atoms with van der Waals surface area (Å²) in [6.45, 7) is 0. The second kappa shape index (κ2) is 10.2. The number of aliphatic carboxylic acids is 1. The van der Waals surface area contributed by atoms with Crippen molar-refractivity contribution >= 4 is 5.97 Å². The first-order chi connectivity index (χ1) is 7.30. The Labute approximate surface area is 111 Å². The summed E-state index contributed by atoms with van der Waals surface area (Å²) >= 11 is 0. The molecule has 0 spiro atoms. The van der Waals surface area contributed by atoms with Gasteiger partial charge in [0.15, 0.2) is 0 Å². The normalized spacial score (nSPS) is 21.2. The van der Waals surface area contributed by atoms with Gasteiger partial charge in [0.05, 0.1) is 0 Å². The minimum atomic E-state index is -0.827. The van der Waals surface area contributed by atoms with E-state index in [4.69, 9.17) is 0 Å². The molecule has 1 saturated carbocycles. The fraction of sp³-hybridized carbons (Fsp3) is 0.923. The van der Waals surface area contributed by atoms with Crippen molar-refractivity contribution in [2.75, 3.05) is 0 Å². The van der Waals surface area contributed by atoms with Crippen LogP contribution in [0.15, 0.2) is 0 Å². The maximum atomic E-state index is 10.9. The van der Waals surface area contributed by atoms with E-state index in [1.807, 2.05) is 0 Å². The van der Waals surface area contributed by atoms with E-state index in [1.54, 1.807) is 0 Å². The van der Waals surface area contributed by atoms with E-state index < -0.39 is 5.97 Å². The molecule has 0 amide bonds. The Balaban J connectivity index is 0.00000225. The van der Waals surface area contributed by atoms with Crippen LogP contribution in [0.2, 0.25) is 0 Å². The van der Waals surface area contributed by atoms with Gasteiger partial charge in [-0.3, -0.25) is 0 Å². The van der Waals surface area contributed by atoms with Crippen molar-refractivity contribution in [3.05, 3.63) is 0 Å². The Morgan fingerprint density at radius 1 is 0.750 bits per heavy atom. The van der Waals surface area contributed by atoms with Gasteiger partial charge in [0.2, 0.25) is 0 Å². The van der Waals surface area contributed by atoms with Crippen molar-refractivity contribution in [2.24, 2.45) is 5.92 Å². The Morgan fingerprint density at radius 3 is 1.38 bits per heavy atom. The number of hydrogen-bond donors (Lipinski definition) is 0. The van der Waals surface area contributed by atoms with Crippen molar-refractivity contribution < 1.29 is 28.8 Å². The van der Waals surface area contributed by atoms with Gasteiger partial charge in [-0.1, -0.05) is 57.8 Å². The van der Waals surface area contributed by atoms with Gasteiger partial charge < -0.3 is 9.90 Å². The quantitative estimate of drug-likeness (QED) is 0.565. The molecule has 16 heavy (non-hydrogen) atoms. The van der Waals surface area contributed by atoms with Crippen molar-refractivity contribution in [2.45, 2.75) is 70.6 Å². The van der Waals surface area contributed by atoms with E-state index in [0.717, 1.165) is 25.7 Å². The summed E-state index contributed by atoms with van der Waals surface area (Å²) in [5.41, 5.74) is 0. The van der Waals surface area contributed by atoms with E-state index in [1.165, 1.54) is 44.9 Å². The summed E-state index contributed by atoms with van der Waals surface area (Å²) in [6.07, 6.45) is 12.8. The van der Waals surface area contributed by atoms with Crippen LogP contribution in [0, 0.1) is 5.92 Å². The van der Waals surface area contributed by atoms with Gasteiger partial charge in [-0.2, -0.15) is 0 Å². The standard InChI is InChI=1S/C13H24O2.Li/c14-13(15)12-10-8-6-4-2-1-3-5-7-9-11-12;/h12H,1-11H2,(H,14,15);/q;+1/p-1. The van der Waals surface area contributed by atoms with Crippen molar-refractivity contribution in [1.82, 2.24) is 0 Å². The Morgan fingerprint density at radius 2 is 1.06 bits per heavy atom. The van der Waals surface area contributed by atoms with E-state index >= 15 is 0 Å². The minimum Gasteiger partial charge on any atom is -0.550 e. The maximum absolute atomic E-state index is 10.9. The average molecular weight is 218 g/mol. The first-order valence-electron chi connectivity index (χ1n) is 6.51. The zero-order valence-electron chi connectivity index (χ0n) is 10.7. The van der Waals surface area contributed by atoms with Gasteiger partial charge in [0.25, 0.3) is 0 Å². The van der Waals surface area contributed by atoms with Crippen LogP contribution in [0.5, 0.6) is 0 Å². The molecule has 88 valence electrons. The van der Waals surface area contributed by atoms with Crippen LogP contribution >= 0.6 is 0 Å². The van der Waals surface area contributed by atoms with Gasteiger partial charge in [-0.05, 0) is 18.8 Å². The molecule has 0 heterocycles. The number of carboxylic acids is 1. The molecule has 1 aliphatic rings. The third kappa shape index (κ3) is 7.36. The Bertz CT molecular complexity index is 171. The molecule has 1 aliphatic carbocycles. The first-order valence-corrected chi connectivity index (χ1v) is 6.51. The fourth-order valence-electron chi connectivity index (χ4n) is 2.40. The molecule has 1 fully saturated rings. The van der Waals surface area contributed by atoms with E-state index in [2.05, 4.69) is 0 Å². The third-order valence-electron chi connectivity index (χ3n) is 3.44. The summed E-state index contributed by atoms with van der Waals surface area (Å²) in [5, 5.41) is 10.9. The molecule has 0 N–H and O–H groups in total. The smallest absolute Gasteiger partial charge is 0.550 e. The summed E-state index contributed by atoms with van der Waals surface area (Å²) < 4.78 is 0. The molecule has 0 atom stereocenters. The maximum Gasteiger partial charge on any atom is 1.00 e. The first kappa shape index (κ1) is 16.1. The second-order valence-corrected chi connectivity index (χ2v) is 4.78. The number of hydrogen-bond acceptors (Lipinski definition) is 2. The monoisotopic (exact) mass is 218 g/mol. The molecule has 3 heteroatoms. The molecular formula is C13H23LiO2. The van der Waals surface area contributed by atoms with Crippen LogP contribution < -0.4 is 24.0 Å². The summed E-state index contributed by atoms with van der Waals surface area (Å²) in [6, 6.07) is 0. The van der Waals surface area contributed by atoms with Crippen molar-refractivity contribution in [3.8, 4) is 0 Å². The number of carbonyl (C=O) groups is 1. The molecule has 0 radical (unpaired) electrons. The van der Waals surface area contributed by atoms with Crippen molar-refractivity contribution in [1.29, 1.82) is 0 Å². The van der Waals surface area contributed by atoms with Crippen LogP contribution in [0.4, 0.5) is 0 Å². The van der Waals surface area contributed by atoms with E-state index in [9.17, 15) is 9.90 Å². The number of rotatable bonds is 1. The van der Waals surface area contributed by atoms with Gasteiger partial charge >= 0.3 is 18.9 Å². The van der Waals surface area contributed by atoms with Crippen LogP contribution in [0.25, 0.3) is 0 Å². The molecule has 0 aliphatic heterocycles. The molecular weight excluding hydrogens is 195 g/mol. The molecule has 0 unspecified atom stereocenters. The SMILES string of the molecule is O=C([O-])C1CCCCCCCCCCC1.[Li+]. The Kier molecular flexibility index (Phi) is 10.3. The van der Waals surface area contributed by atoms with Gasteiger partial charge in [-0.15, -0.1) is 0 Å². The van der Waals surface area contributed by atoms with Crippen LogP contribution in [0.3, 0.4) is 0 Å². The topological polar surface area (TPSA) is 40.1 Å². The van der Waals surface area contributed by atoms with Gasteiger partial charge in [0, 0.05) is 5.97 Å². The molecule has 0 bridgehead atoms.